The van der Waals surface area contributed by atoms with E-state index in [4.69, 9.17) is 13.9 Å². The van der Waals surface area contributed by atoms with E-state index in [1.54, 1.807) is 55.3 Å². The van der Waals surface area contributed by atoms with Gasteiger partial charge in [0.1, 0.15) is 22.9 Å². The van der Waals surface area contributed by atoms with Crippen molar-refractivity contribution in [2.45, 2.75) is 85.6 Å². The van der Waals surface area contributed by atoms with Crippen molar-refractivity contribution in [2.24, 2.45) is 0 Å². The molecule has 0 bridgehead atoms. The Morgan fingerprint density at radius 3 is 2.11 bits per heavy atom. The summed E-state index contributed by atoms with van der Waals surface area (Å²) in [4.78, 5) is 28.1. The number of carbonyl (C=O) groups is 2. The van der Waals surface area contributed by atoms with Crippen LogP contribution in [0.3, 0.4) is 0 Å². The van der Waals surface area contributed by atoms with Gasteiger partial charge < -0.3 is 23.9 Å². The Morgan fingerprint density at radius 2 is 1.58 bits per heavy atom. The zero-order valence-electron chi connectivity index (χ0n) is 23.6. The van der Waals surface area contributed by atoms with Crippen molar-refractivity contribution >= 4 is 11.9 Å². The molecule has 0 radical (unpaired) electrons. The zero-order chi connectivity index (χ0) is 28.3. The summed E-state index contributed by atoms with van der Waals surface area (Å²) in [6.45, 7) is 15.2. The Balaban J connectivity index is 1.85. The number of esters is 1. The summed E-state index contributed by atoms with van der Waals surface area (Å²) in [7, 11) is 0. The predicted molar refractivity (Wildman–Crippen MR) is 146 cm³/mol. The molecule has 1 atom stereocenters. The number of hydrogen-bond acceptors (Lipinski definition) is 6. The first-order chi connectivity index (χ1) is 17.7. The van der Waals surface area contributed by atoms with Crippen LogP contribution in [0, 0.1) is 13.8 Å². The molecule has 7 heteroatoms. The van der Waals surface area contributed by atoms with Crippen molar-refractivity contribution in [1.29, 1.82) is 0 Å². The van der Waals surface area contributed by atoms with Gasteiger partial charge in [-0.15, -0.1) is 0 Å². The lowest BCUT2D eigenvalue weighted by atomic mass is 9.98. The molecule has 0 spiro atoms. The SMILES string of the molecule is Cc1cc(CN(Cc2ccco2)C(=O)C(C)c2ccc(O)cc2)cc(C)c1OC(C)(C)C(=O)OC(C)(C)C. The summed E-state index contributed by atoms with van der Waals surface area (Å²) in [6.07, 6.45) is 1.59. The summed E-state index contributed by atoms with van der Waals surface area (Å²) in [5.74, 6) is 0.545. The lowest BCUT2D eigenvalue weighted by molar-refractivity contribution is -0.171. The first-order valence-electron chi connectivity index (χ1n) is 12.8. The molecule has 0 aliphatic rings. The Hall–Kier alpha value is -3.74. The fourth-order valence-electron chi connectivity index (χ4n) is 4.19. The second-order valence-corrected chi connectivity index (χ2v) is 11.3. The van der Waals surface area contributed by atoms with Crippen LogP contribution in [-0.4, -0.2) is 33.1 Å². The maximum atomic E-state index is 13.6. The van der Waals surface area contributed by atoms with Crippen LogP contribution < -0.4 is 4.74 Å². The first-order valence-corrected chi connectivity index (χ1v) is 12.8. The molecule has 0 fully saturated rings. The number of benzene rings is 2. The number of rotatable bonds is 9. The number of aromatic hydroxyl groups is 1. The molecule has 0 saturated carbocycles. The third-order valence-electron chi connectivity index (χ3n) is 6.14. The van der Waals surface area contributed by atoms with Crippen LogP contribution in [0.1, 0.15) is 75.5 Å². The number of carbonyl (C=O) groups excluding carboxylic acids is 2. The number of ether oxygens (including phenoxy) is 2. The van der Waals surface area contributed by atoms with Crippen molar-refractivity contribution in [3.05, 3.63) is 82.8 Å². The molecule has 7 nitrogen and oxygen atoms in total. The second-order valence-electron chi connectivity index (χ2n) is 11.3. The molecule has 0 aliphatic carbocycles. The minimum Gasteiger partial charge on any atom is -0.508 e. The van der Waals surface area contributed by atoms with Crippen LogP contribution in [0.4, 0.5) is 0 Å². The van der Waals surface area contributed by atoms with Crippen LogP contribution in [0.5, 0.6) is 11.5 Å². The van der Waals surface area contributed by atoms with E-state index in [1.807, 2.05) is 59.7 Å². The van der Waals surface area contributed by atoms with E-state index in [-0.39, 0.29) is 11.7 Å². The highest BCUT2D eigenvalue weighted by atomic mass is 16.6. The van der Waals surface area contributed by atoms with Crippen LogP contribution in [0.2, 0.25) is 0 Å². The fourth-order valence-corrected chi connectivity index (χ4v) is 4.19. The van der Waals surface area contributed by atoms with Gasteiger partial charge in [-0.25, -0.2) is 4.79 Å². The maximum Gasteiger partial charge on any atom is 0.350 e. The number of phenolic OH excluding ortho intramolecular Hbond substituents is 1. The standard InChI is InChI=1S/C31H39NO6/c1-20-16-23(17-21(2)27(20)37-31(7,8)29(35)38-30(4,5)6)18-32(19-26-10-9-15-36-26)28(34)22(3)24-11-13-25(33)14-12-24/h9-17,22,33H,18-19H2,1-8H3. The van der Waals surface area contributed by atoms with Gasteiger partial charge in [0.25, 0.3) is 0 Å². The molecule has 2 aromatic carbocycles. The Labute approximate surface area is 225 Å². The molecule has 1 N–H and O–H groups in total. The number of furan rings is 1. The molecule has 1 heterocycles. The van der Waals surface area contributed by atoms with E-state index >= 15 is 0 Å². The lowest BCUT2D eigenvalue weighted by Gasteiger charge is -2.30. The largest absolute Gasteiger partial charge is 0.508 e. The van der Waals surface area contributed by atoms with E-state index in [0.717, 1.165) is 22.3 Å². The molecule has 0 saturated heterocycles. The molecule has 38 heavy (non-hydrogen) atoms. The van der Waals surface area contributed by atoms with E-state index < -0.39 is 23.1 Å². The average molecular weight is 522 g/mol. The van der Waals surface area contributed by atoms with Gasteiger partial charge in [-0.3, -0.25) is 4.79 Å². The molecule has 1 unspecified atom stereocenters. The quantitative estimate of drug-likeness (QED) is 0.326. The zero-order valence-corrected chi connectivity index (χ0v) is 23.6. The Kier molecular flexibility index (Phi) is 8.60. The first kappa shape index (κ1) is 28.8. The van der Waals surface area contributed by atoms with Crippen LogP contribution in [-0.2, 0) is 27.4 Å². The van der Waals surface area contributed by atoms with Gasteiger partial charge in [0.15, 0.2) is 5.60 Å². The van der Waals surface area contributed by atoms with Crippen LogP contribution in [0.25, 0.3) is 0 Å². The van der Waals surface area contributed by atoms with Gasteiger partial charge in [0.2, 0.25) is 5.91 Å². The van der Waals surface area contributed by atoms with Gasteiger partial charge in [-0.05, 0) is 102 Å². The summed E-state index contributed by atoms with van der Waals surface area (Å²) in [6, 6.07) is 14.3. The molecule has 1 amide bonds. The molecule has 3 aromatic rings. The molecule has 0 aliphatic heterocycles. The summed E-state index contributed by atoms with van der Waals surface area (Å²) in [5.41, 5.74) is 1.66. The van der Waals surface area contributed by atoms with Crippen molar-refractivity contribution in [2.75, 3.05) is 0 Å². The highest BCUT2D eigenvalue weighted by Gasteiger charge is 2.35. The molecule has 3 rings (SSSR count). The van der Waals surface area contributed by atoms with E-state index in [9.17, 15) is 14.7 Å². The average Bonchev–Trinajstić information content (AvgIpc) is 3.33. The van der Waals surface area contributed by atoms with Gasteiger partial charge in [-0.1, -0.05) is 24.3 Å². The molecular weight excluding hydrogens is 482 g/mol. The minimum atomic E-state index is -1.18. The van der Waals surface area contributed by atoms with Crippen LogP contribution in [0.15, 0.2) is 59.2 Å². The molecule has 204 valence electrons. The summed E-state index contributed by atoms with van der Waals surface area (Å²) in [5, 5.41) is 9.63. The predicted octanol–water partition coefficient (Wildman–Crippen LogP) is 6.43. The normalized spacial score (nSPS) is 12.6. The highest BCUT2D eigenvalue weighted by molar-refractivity contribution is 5.83. The number of phenols is 1. The number of hydrogen-bond donors (Lipinski definition) is 1. The number of nitrogens with zero attached hydrogens (tertiary/aromatic N) is 1. The van der Waals surface area contributed by atoms with E-state index in [0.29, 0.717) is 24.6 Å². The molecular formula is C31H39NO6. The van der Waals surface area contributed by atoms with Crippen molar-refractivity contribution in [1.82, 2.24) is 4.90 Å². The van der Waals surface area contributed by atoms with Gasteiger partial charge in [-0.2, -0.15) is 0 Å². The fraction of sp³-hybridized carbons (Fsp3) is 0.419. The lowest BCUT2D eigenvalue weighted by Crippen LogP contribution is -2.43. The summed E-state index contributed by atoms with van der Waals surface area (Å²) < 4.78 is 17.3. The topological polar surface area (TPSA) is 89.2 Å². The third kappa shape index (κ3) is 7.40. The Bertz CT molecular complexity index is 1230. The smallest absolute Gasteiger partial charge is 0.350 e. The number of aryl methyl sites for hydroxylation is 2. The van der Waals surface area contributed by atoms with E-state index in [1.165, 1.54) is 0 Å². The maximum absolute atomic E-state index is 13.6. The monoisotopic (exact) mass is 521 g/mol. The van der Waals surface area contributed by atoms with Crippen LogP contribution >= 0.6 is 0 Å². The minimum absolute atomic E-state index is 0.0613. The van der Waals surface area contributed by atoms with Crippen molar-refractivity contribution in [3.63, 3.8) is 0 Å². The summed E-state index contributed by atoms with van der Waals surface area (Å²) >= 11 is 0. The van der Waals surface area contributed by atoms with E-state index in [2.05, 4.69) is 0 Å². The second kappa shape index (κ2) is 11.3. The van der Waals surface area contributed by atoms with Gasteiger partial charge >= 0.3 is 5.97 Å². The van der Waals surface area contributed by atoms with Gasteiger partial charge in [0.05, 0.1) is 18.7 Å². The van der Waals surface area contributed by atoms with Crippen molar-refractivity contribution < 1.29 is 28.6 Å². The number of amides is 1. The van der Waals surface area contributed by atoms with Crippen molar-refractivity contribution in [3.8, 4) is 11.5 Å². The van der Waals surface area contributed by atoms with Gasteiger partial charge in [0, 0.05) is 6.54 Å². The Morgan fingerprint density at radius 1 is 0.974 bits per heavy atom. The highest BCUT2D eigenvalue weighted by Crippen LogP contribution is 2.31. The third-order valence-corrected chi connectivity index (χ3v) is 6.14. The molecule has 1 aromatic heterocycles.